The smallest absolute Gasteiger partial charge is 0.00489 e. The lowest BCUT2D eigenvalue weighted by molar-refractivity contribution is 0.511. The fourth-order valence-corrected chi connectivity index (χ4v) is 6.96. The number of hydrogen-bond acceptors (Lipinski definition) is 1. The summed E-state index contributed by atoms with van der Waals surface area (Å²) >= 11 is 0. The fourth-order valence-electron chi connectivity index (χ4n) is 6.96. The highest BCUT2D eigenvalue weighted by atomic mass is 14.8. The molecule has 1 heteroatoms. The summed E-state index contributed by atoms with van der Waals surface area (Å²) in [6.45, 7) is 7.11. The zero-order valence-electron chi connectivity index (χ0n) is 31.5. The topological polar surface area (TPSA) is 12.0 Å². The first-order chi connectivity index (χ1) is 21.9. The number of unbranched alkanes of at least 4 members (excludes halogenated alkanes) is 37. The van der Waals surface area contributed by atoms with E-state index < -0.39 is 0 Å². The molecule has 0 radical (unpaired) electrons. The van der Waals surface area contributed by atoms with E-state index >= 15 is 0 Å². The second kappa shape index (κ2) is 43.0. The van der Waals surface area contributed by atoms with Crippen molar-refractivity contribution in [1.29, 1.82) is 0 Å². The largest absolute Gasteiger partial charge is 0.317 e. The molecule has 0 atom stereocenters. The van der Waals surface area contributed by atoms with Crippen LogP contribution in [0.3, 0.4) is 0 Å². The maximum atomic E-state index is 3.68. The summed E-state index contributed by atoms with van der Waals surface area (Å²) in [6, 6.07) is 0. The molecule has 1 nitrogen and oxygen atoms in total. The molecule has 0 aromatic heterocycles. The van der Waals surface area contributed by atoms with E-state index in [2.05, 4.69) is 19.2 Å². The van der Waals surface area contributed by atoms with Gasteiger partial charge < -0.3 is 5.32 Å². The molecule has 0 saturated carbocycles. The Balaban J connectivity index is 3.03. The van der Waals surface area contributed by atoms with Gasteiger partial charge in [-0.25, -0.2) is 0 Å². The van der Waals surface area contributed by atoms with Crippen LogP contribution in [0.2, 0.25) is 0 Å². The van der Waals surface area contributed by atoms with Crippen LogP contribution >= 0.6 is 0 Å². The highest BCUT2D eigenvalue weighted by Crippen LogP contribution is 2.16. The lowest BCUT2D eigenvalue weighted by Crippen LogP contribution is -2.16. The number of nitrogens with one attached hydrogen (secondary N) is 1. The Hall–Kier alpha value is -0.0400. The summed E-state index contributed by atoms with van der Waals surface area (Å²) in [6.07, 6.45) is 57.2. The normalized spacial score (nSPS) is 11.6. The molecule has 0 spiro atoms. The van der Waals surface area contributed by atoms with Gasteiger partial charge in [0.1, 0.15) is 0 Å². The molecule has 0 aliphatic rings. The SMILES string of the molecule is CCCCCCCCCCCCCCCCCCCCCCCCCCCCCCCNCCCCCCCCCCCC. The summed E-state index contributed by atoms with van der Waals surface area (Å²) in [5, 5.41) is 3.68. The number of rotatable bonds is 41. The Morgan fingerprint density at radius 2 is 0.318 bits per heavy atom. The van der Waals surface area contributed by atoms with E-state index in [0.29, 0.717) is 0 Å². The molecule has 0 aliphatic heterocycles. The van der Waals surface area contributed by atoms with Gasteiger partial charge in [-0.05, 0) is 25.9 Å². The van der Waals surface area contributed by atoms with Crippen molar-refractivity contribution < 1.29 is 0 Å². The molecule has 0 aliphatic carbocycles. The highest BCUT2D eigenvalue weighted by molar-refractivity contribution is 4.54. The quantitative estimate of drug-likeness (QED) is 0.0671. The van der Waals surface area contributed by atoms with Crippen LogP contribution in [0.4, 0.5) is 0 Å². The molecule has 0 amide bonds. The van der Waals surface area contributed by atoms with E-state index in [-0.39, 0.29) is 0 Å². The van der Waals surface area contributed by atoms with Crippen LogP contribution in [-0.2, 0) is 0 Å². The van der Waals surface area contributed by atoms with E-state index in [9.17, 15) is 0 Å². The molecule has 1 N–H and O–H groups in total. The minimum Gasteiger partial charge on any atom is -0.317 e. The predicted octanol–water partition coefficient (Wildman–Crippen LogP) is 15.8. The van der Waals surface area contributed by atoms with Gasteiger partial charge in [0.05, 0.1) is 0 Å². The van der Waals surface area contributed by atoms with E-state index in [4.69, 9.17) is 0 Å². The van der Waals surface area contributed by atoms with Gasteiger partial charge in [0, 0.05) is 0 Å². The van der Waals surface area contributed by atoms with Crippen molar-refractivity contribution in [3.63, 3.8) is 0 Å². The zero-order chi connectivity index (χ0) is 31.7. The molecule has 0 aromatic carbocycles. The fraction of sp³-hybridized carbons (Fsp3) is 1.00. The van der Waals surface area contributed by atoms with Crippen molar-refractivity contribution in [2.24, 2.45) is 0 Å². The van der Waals surface area contributed by atoms with Gasteiger partial charge in [0.15, 0.2) is 0 Å². The first kappa shape index (κ1) is 44.0. The first-order valence-electron chi connectivity index (χ1n) is 21.6. The van der Waals surface area contributed by atoms with Crippen molar-refractivity contribution in [1.82, 2.24) is 5.32 Å². The van der Waals surface area contributed by atoms with Gasteiger partial charge in [-0.15, -0.1) is 0 Å². The second-order valence-electron chi connectivity index (χ2n) is 14.8. The van der Waals surface area contributed by atoms with Crippen LogP contribution in [-0.4, -0.2) is 13.1 Å². The first-order valence-corrected chi connectivity index (χ1v) is 21.6. The molecule has 0 heterocycles. The average molecular weight is 620 g/mol. The maximum Gasteiger partial charge on any atom is -0.00489 e. The second-order valence-corrected chi connectivity index (χ2v) is 14.8. The molecule has 266 valence electrons. The zero-order valence-corrected chi connectivity index (χ0v) is 31.5. The lowest BCUT2D eigenvalue weighted by Gasteiger charge is -2.06. The van der Waals surface area contributed by atoms with E-state index in [1.807, 2.05) is 0 Å². The van der Waals surface area contributed by atoms with E-state index in [0.717, 1.165) is 0 Å². The van der Waals surface area contributed by atoms with Gasteiger partial charge in [-0.1, -0.05) is 251 Å². The molecule has 0 unspecified atom stereocenters. The van der Waals surface area contributed by atoms with E-state index in [1.165, 1.54) is 264 Å². The third-order valence-corrected chi connectivity index (χ3v) is 10.2. The Bertz CT molecular complexity index is 418. The minimum absolute atomic E-state index is 1.25. The molecule has 0 fully saturated rings. The third-order valence-electron chi connectivity index (χ3n) is 10.2. The van der Waals surface area contributed by atoms with Crippen LogP contribution in [0.25, 0.3) is 0 Å². The molecule has 0 saturated heterocycles. The minimum atomic E-state index is 1.25. The summed E-state index contributed by atoms with van der Waals surface area (Å²) < 4.78 is 0. The summed E-state index contributed by atoms with van der Waals surface area (Å²) in [5.74, 6) is 0. The molecule has 0 bridgehead atoms. The predicted molar refractivity (Wildman–Crippen MR) is 204 cm³/mol. The Labute approximate surface area is 282 Å². The van der Waals surface area contributed by atoms with Gasteiger partial charge in [0.25, 0.3) is 0 Å². The van der Waals surface area contributed by atoms with Gasteiger partial charge >= 0.3 is 0 Å². The van der Waals surface area contributed by atoms with Gasteiger partial charge in [-0.3, -0.25) is 0 Å². The summed E-state index contributed by atoms with van der Waals surface area (Å²) in [7, 11) is 0. The summed E-state index contributed by atoms with van der Waals surface area (Å²) in [4.78, 5) is 0. The van der Waals surface area contributed by atoms with Crippen molar-refractivity contribution in [3.05, 3.63) is 0 Å². The molecule has 44 heavy (non-hydrogen) atoms. The molecule has 0 rings (SSSR count). The molecule has 0 aromatic rings. The van der Waals surface area contributed by atoms with Crippen molar-refractivity contribution in [2.75, 3.05) is 13.1 Å². The van der Waals surface area contributed by atoms with E-state index in [1.54, 1.807) is 0 Å². The standard InChI is InChI=1S/C43H89N/c1-3-5-7-9-11-13-15-16-17-18-19-20-21-22-23-24-25-26-27-28-29-30-31-32-33-35-37-39-41-43-44-42-40-38-36-34-14-12-10-8-6-4-2/h44H,3-43H2,1-2H3. The molecular formula is C43H89N. The Kier molecular flexibility index (Phi) is 42.9. The highest BCUT2D eigenvalue weighted by Gasteiger charge is 1.98. The van der Waals surface area contributed by atoms with Crippen LogP contribution in [0.5, 0.6) is 0 Å². The Morgan fingerprint density at radius 1 is 0.182 bits per heavy atom. The monoisotopic (exact) mass is 620 g/mol. The van der Waals surface area contributed by atoms with Gasteiger partial charge in [-0.2, -0.15) is 0 Å². The van der Waals surface area contributed by atoms with Crippen molar-refractivity contribution in [3.8, 4) is 0 Å². The maximum absolute atomic E-state index is 3.68. The van der Waals surface area contributed by atoms with Crippen molar-refractivity contribution in [2.45, 2.75) is 264 Å². The third kappa shape index (κ3) is 42.0. The molecular weight excluding hydrogens is 530 g/mol. The number of hydrogen-bond donors (Lipinski definition) is 1. The van der Waals surface area contributed by atoms with Gasteiger partial charge in [0.2, 0.25) is 0 Å². The van der Waals surface area contributed by atoms with Crippen LogP contribution in [0.1, 0.15) is 264 Å². The lowest BCUT2D eigenvalue weighted by atomic mass is 10.0. The average Bonchev–Trinajstić information content (AvgIpc) is 3.04. The Morgan fingerprint density at radius 3 is 0.477 bits per heavy atom. The van der Waals surface area contributed by atoms with Crippen molar-refractivity contribution >= 4 is 0 Å². The summed E-state index contributed by atoms with van der Waals surface area (Å²) in [5.41, 5.74) is 0. The van der Waals surface area contributed by atoms with Crippen LogP contribution in [0.15, 0.2) is 0 Å². The van der Waals surface area contributed by atoms with Crippen LogP contribution in [0, 0.1) is 0 Å². The van der Waals surface area contributed by atoms with Crippen LogP contribution < -0.4 is 5.32 Å².